The SMILES string of the molecule is CN(C)CCCN(C)C1CC(O)CCC1NC(=O)OC(C)(C)C. The second-order valence-corrected chi connectivity index (χ2v) is 7.92. The fraction of sp³-hybridized carbons (Fsp3) is 0.941. The van der Waals surface area contributed by atoms with Crippen LogP contribution < -0.4 is 5.32 Å². The van der Waals surface area contributed by atoms with Gasteiger partial charge in [-0.2, -0.15) is 0 Å². The number of hydrogen-bond donors (Lipinski definition) is 2. The molecule has 0 aliphatic heterocycles. The van der Waals surface area contributed by atoms with Crippen LogP contribution in [0.15, 0.2) is 0 Å². The molecule has 0 aromatic rings. The normalized spacial score (nSPS) is 25.7. The first kappa shape index (κ1) is 20.2. The van der Waals surface area contributed by atoms with E-state index in [4.69, 9.17) is 4.74 Å². The first-order chi connectivity index (χ1) is 10.6. The molecule has 0 aromatic heterocycles. The Morgan fingerprint density at radius 2 is 1.87 bits per heavy atom. The van der Waals surface area contributed by atoms with E-state index in [1.54, 1.807) is 0 Å². The van der Waals surface area contributed by atoms with Gasteiger partial charge in [-0.25, -0.2) is 4.79 Å². The minimum atomic E-state index is -0.495. The Morgan fingerprint density at radius 1 is 1.22 bits per heavy atom. The molecule has 1 aliphatic rings. The monoisotopic (exact) mass is 329 g/mol. The first-order valence-corrected chi connectivity index (χ1v) is 8.61. The molecule has 3 atom stereocenters. The molecule has 0 radical (unpaired) electrons. The average Bonchev–Trinajstić information content (AvgIpc) is 2.38. The minimum Gasteiger partial charge on any atom is -0.444 e. The van der Waals surface area contributed by atoms with Gasteiger partial charge in [-0.15, -0.1) is 0 Å². The topological polar surface area (TPSA) is 65.0 Å². The molecular formula is C17H35N3O3. The van der Waals surface area contributed by atoms with Crippen molar-refractivity contribution < 1.29 is 14.6 Å². The molecule has 0 aromatic carbocycles. The number of ether oxygens (including phenoxy) is 1. The lowest BCUT2D eigenvalue weighted by atomic mass is 9.87. The third-order valence-electron chi connectivity index (χ3n) is 4.17. The summed E-state index contributed by atoms with van der Waals surface area (Å²) in [6, 6.07) is 0.172. The summed E-state index contributed by atoms with van der Waals surface area (Å²) in [5.74, 6) is 0. The molecule has 0 saturated heterocycles. The summed E-state index contributed by atoms with van der Waals surface area (Å²) >= 11 is 0. The molecule has 6 heteroatoms. The summed E-state index contributed by atoms with van der Waals surface area (Å²) in [6.07, 6.45) is 2.61. The van der Waals surface area contributed by atoms with Gasteiger partial charge in [0.1, 0.15) is 5.60 Å². The van der Waals surface area contributed by atoms with Crippen LogP contribution in [0.5, 0.6) is 0 Å². The molecule has 1 aliphatic carbocycles. The van der Waals surface area contributed by atoms with E-state index in [1.165, 1.54) is 0 Å². The molecule has 0 heterocycles. The highest BCUT2D eigenvalue weighted by molar-refractivity contribution is 5.68. The standard InChI is InChI=1S/C17H35N3O3/c1-17(2,3)23-16(22)18-14-9-8-13(21)12-15(14)20(6)11-7-10-19(4)5/h13-15,21H,7-12H2,1-6H3,(H,18,22). The number of hydrogen-bond acceptors (Lipinski definition) is 5. The molecule has 2 N–H and O–H groups in total. The highest BCUT2D eigenvalue weighted by atomic mass is 16.6. The Labute approximate surface area is 141 Å². The number of carbonyl (C=O) groups is 1. The van der Waals surface area contributed by atoms with Gasteiger partial charge in [-0.1, -0.05) is 0 Å². The Kier molecular flexibility index (Phi) is 7.77. The van der Waals surface area contributed by atoms with E-state index in [0.29, 0.717) is 6.42 Å². The number of aliphatic hydroxyl groups excluding tert-OH is 1. The Hall–Kier alpha value is -0.850. The Bertz CT molecular complexity index is 369. The van der Waals surface area contributed by atoms with Crippen LogP contribution in [0.2, 0.25) is 0 Å². The van der Waals surface area contributed by atoms with Gasteiger partial charge in [0.05, 0.1) is 6.10 Å². The van der Waals surface area contributed by atoms with Crippen molar-refractivity contribution in [3.05, 3.63) is 0 Å². The largest absolute Gasteiger partial charge is 0.444 e. The number of aliphatic hydroxyl groups is 1. The number of amides is 1. The summed E-state index contributed by atoms with van der Waals surface area (Å²) in [4.78, 5) is 16.5. The van der Waals surface area contributed by atoms with Crippen molar-refractivity contribution in [2.24, 2.45) is 0 Å². The molecule has 1 rings (SSSR count). The van der Waals surface area contributed by atoms with E-state index in [2.05, 4.69) is 36.3 Å². The fourth-order valence-electron chi connectivity index (χ4n) is 3.04. The number of likely N-dealkylation sites (N-methyl/N-ethyl adjacent to an activating group) is 1. The summed E-state index contributed by atoms with van der Waals surface area (Å²) in [6.45, 7) is 7.57. The number of carbonyl (C=O) groups excluding carboxylic acids is 1. The molecule has 0 spiro atoms. The van der Waals surface area contributed by atoms with Crippen LogP contribution in [0, 0.1) is 0 Å². The van der Waals surface area contributed by atoms with Crippen LogP contribution in [0.3, 0.4) is 0 Å². The van der Waals surface area contributed by atoms with E-state index in [9.17, 15) is 9.90 Å². The van der Waals surface area contributed by atoms with Crippen molar-refractivity contribution in [3.8, 4) is 0 Å². The van der Waals surface area contributed by atoms with Crippen LogP contribution in [0.25, 0.3) is 0 Å². The third-order valence-corrected chi connectivity index (χ3v) is 4.17. The maximum atomic E-state index is 12.1. The molecule has 23 heavy (non-hydrogen) atoms. The van der Waals surface area contributed by atoms with Crippen molar-refractivity contribution in [3.63, 3.8) is 0 Å². The van der Waals surface area contributed by atoms with Crippen molar-refractivity contribution in [2.75, 3.05) is 34.2 Å². The average molecular weight is 329 g/mol. The lowest BCUT2D eigenvalue weighted by molar-refractivity contribution is 0.0282. The van der Waals surface area contributed by atoms with Gasteiger partial charge in [0.2, 0.25) is 0 Å². The lowest BCUT2D eigenvalue weighted by Crippen LogP contribution is -2.55. The molecule has 3 unspecified atom stereocenters. The molecule has 6 nitrogen and oxygen atoms in total. The molecule has 0 bridgehead atoms. The lowest BCUT2D eigenvalue weighted by Gasteiger charge is -2.40. The van der Waals surface area contributed by atoms with Crippen molar-refractivity contribution in [2.45, 2.75) is 70.2 Å². The molecule has 1 amide bonds. The summed E-state index contributed by atoms with van der Waals surface area (Å²) in [5, 5.41) is 13.0. The third kappa shape index (κ3) is 7.99. The van der Waals surface area contributed by atoms with Crippen LogP contribution in [-0.4, -0.2) is 79.0 Å². The van der Waals surface area contributed by atoms with Crippen LogP contribution in [0.4, 0.5) is 4.79 Å². The zero-order valence-electron chi connectivity index (χ0n) is 15.6. The van der Waals surface area contributed by atoms with Gasteiger partial charge in [0.25, 0.3) is 0 Å². The smallest absolute Gasteiger partial charge is 0.407 e. The molecular weight excluding hydrogens is 294 g/mol. The second kappa shape index (κ2) is 8.85. The second-order valence-electron chi connectivity index (χ2n) is 7.92. The van der Waals surface area contributed by atoms with E-state index in [0.717, 1.165) is 32.4 Å². The summed E-state index contributed by atoms with van der Waals surface area (Å²) in [7, 11) is 6.20. The predicted octanol–water partition coefficient (Wildman–Crippen LogP) is 1.68. The van der Waals surface area contributed by atoms with Crippen molar-refractivity contribution in [1.82, 2.24) is 15.1 Å². The number of nitrogens with one attached hydrogen (secondary N) is 1. The molecule has 136 valence electrons. The van der Waals surface area contributed by atoms with E-state index >= 15 is 0 Å². The van der Waals surface area contributed by atoms with E-state index in [-0.39, 0.29) is 24.3 Å². The van der Waals surface area contributed by atoms with Crippen molar-refractivity contribution >= 4 is 6.09 Å². The zero-order valence-corrected chi connectivity index (χ0v) is 15.6. The van der Waals surface area contributed by atoms with Crippen LogP contribution in [-0.2, 0) is 4.74 Å². The fourth-order valence-corrected chi connectivity index (χ4v) is 3.04. The van der Waals surface area contributed by atoms with E-state index in [1.807, 2.05) is 20.8 Å². The first-order valence-electron chi connectivity index (χ1n) is 8.61. The van der Waals surface area contributed by atoms with Crippen LogP contribution >= 0.6 is 0 Å². The van der Waals surface area contributed by atoms with Gasteiger partial charge in [0, 0.05) is 12.1 Å². The minimum absolute atomic E-state index is 0.0256. The number of nitrogens with zero attached hydrogens (tertiary/aromatic N) is 2. The quantitative estimate of drug-likeness (QED) is 0.776. The number of rotatable bonds is 6. The maximum absolute atomic E-state index is 12.1. The van der Waals surface area contributed by atoms with Gasteiger partial charge < -0.3 is 25.0 Å². The Balaban J connectivity index is 2.58. The number of alkyl carbamates (subject to hydrolysis) is 1. The van der Waals surface area contributed by atoms with Crippen molar-refractivity contribution in [1.29, 1.82) is 0 Å². The molecule has 1 saturated carbocycles. The predicted molar refractivity (Wildman–Crippen MR) is 92.6 cm³/mol. The highest BCUT2D eigenvalue weighted by Crippen LogP contribution is 2.23. The van der Waals surface area contributed by atoms with Gasteiger partial charge in [-0.3, -0.25) is 0 Å². The highest BCUT2D eigenvalue weighted by Gasteiger charge is 2.34. The maximum Gasteiger partial charge on any atom is 0.407 e. The van der Waals surface area contributed by atoms with Gasteiger partial charge in [0.15, 0.2) is 0 Å². The van der Waals surface area contributed by atoms with Gasteiger partial charge >= 0.3 is 6.09 Å². The van der Waals surface area contributed by atoms with E-state index < -0.39 is 5.60 Å². The Morgan fingerprint density at radius 3 is 2.43 bits per heavy atom. The van der Waals surface area contributed by atoms with Gasteiger partial charge in [-0.05, 0) is 80.7 Å². The van der Waals surface area contributed by atoms with Crippen LogP contribution in [0.1, 0.15) is 46.5 Å². The summed E-state index contributed by atoms with van der Waals surface area (Å²) in [5.41, 5.74) is -0.495. The summed E-state index contributed by atoms with van der Waals surface area (Å²) < 4.78 is 5.37. The molecule has 1 fully saturated rings. The zero-order chi connectivity index (χ0) is 17.6.